The van der Waals surface area contributed by atoms with Crippen molar-refractivity contribution in [2.24, 2.45) is 0 Å². The number of likely N-dealkylation sites (tertiary alicyclic amines) is 1. The summed E-state index contributed by atoms with van der Waals surface area (Å²) in [5.41, 5.74) is 0.357. The van der Waals surface area contributed by atoms with Crippen molar-refractivity contribution >= 4 is 29.9 Å². The SMILES string of the molecule is CCN1CC2(CCN(CCc3ncccc3Cl)CC2)OC2(CC2)C1=O.Cl. The molecule has 1 aliphatic carbocycles. The molecule has 2 aliphatic heterocycles. The molecule has 1 amide bonds. The molecule has 2 saturated heterocycles. The number of likely N-dealkylation sites (N-methyl/N-ethyl adjacent to an activating group) is 1. The van der Waals surface area contributed by atoms with Gasteiger partial charge in [-0.15, -0.1) is 12.4 Å². The molecule has 4 rings (SSSR count). The predicted molar refractivity (Wildman–Crippen MR) is 104 cm³/mol. The van der Waals surface area contributed by atoms with Gasteiger partial charge in [-0.25, -0.2) is 0 Å². The van der Waals surface area contributed by atoms with Gasteiger partial charge in [0.25, 0.3) is 5.91 Å². The zero-order valence-corrected chi connectivity index (χ0v) is 16.8. The van der Waals surface area contributed by atoms with Crippen molar-refractivity contribution in [3.63, 3.8) is 0 Å². The molecule has 3 aliphatic rings. The van der Waals surface area contributed by atoms with E-state index in [1.54, 1.807) is 6.20 Å². The summed E-state index contributed by atoms with van der Waals surface area (Å²) in [6.45, 7) is 6.59. The maximum absolute atomic E-state index is 12.5. The lowest BCUT2D eigenvalue weighted by molar-refractivity contribution is -0.200. The normalized spacial score (nSPS) is 23.9. The molecule has 2 spiro atoms. The van der Waals surface area contributed by atoms with E-state index < -0.39 is 5.60 Å². The fraction of sp³-hybridized carbons (Fsp3) is 0.684. The van der Waals surface area contributed by atoms with Crippen LogP contribution in [0.15, 0.2) is 18.3 Å². The number of hydrogen-bond donors (Lipinski definition) is 0. The molecule has 7 heteroatoms. The van der Waals surface area contributed by atoms with Gasteiger partial charge in [-0.2, -0.15) is 0 Å². The van der Waals surface area contributed by atoms with Gasteiger partial charge in [0.1, 0.15) is 5.60 Å². The number of pyridine rings is 1. The number of piperidine rings is 1. The molecule has 0 atom stereocenters. The second-order valence-electron chi connectivity index (χ2n) is 7.62. The van der Waals surface area contributed by atoms with E-state index in [-0.39, 0.29) is 23.9 Å². The second kappa shape index (κ2) is 7.63. The largest absolute Gasteiger partial charge is 0.357 e. The fourth-order valence-electron chi connectivity index (χ4n) is 4.19. The van der Waals surface area contributed by atoms with Crippen molar-refractivity contribution in [2.75, 3.05) is 32.7 Å². The van der Waals surface area contributed by atoms with Crippen molar-refractivity contribution in [2.45, 2.75) is 50.2 Å². The zero-order valence-electron chi connectivity index (χ0n) is 15.2. The number of carbonyl (C=O) groups excluding carboxylic acids is 1. The number of hydrogen-bond acceptors (Lipinski definition) is 4. The minimum Gasteiger partial charge on any atom is -0.357 e. The smallest absolute Gasteiger partial charge is 0.254 e. The van der Waals surface area contributed by atoms with E-state index in [4.69, 9.17) is 16.3 Å². The molecule has 0 N–H and O–H groups in total. The predicted octanol–water partition coefficient (Wildman–Crippen LogP) is 2.95. The zero-order chi connectivity index (χ0) is 17.5. The highest BCUT2D eigenvalue weighted by atomic mass is 35.5. The summed E-state index contributed by atoms with van der Waals surface area (Å²) in [6.07, 6.45) is 6.45. The third kappa shape index (κ3) is 3.72. The average molecular weight is 400 g/mol. The van der Waals surface area contributed by atoms with E-state index >= 15 is 0 Å². The minimum absolute atomic E-state index is 0. The Morgan fingerprint density at radius 3 is 2.62 bits per heavy atom. The number of ether oxygens (including phenoxy) is 1. The number of amides is 1. The quantitative estimate of drug-likeness (QED) is 0.780. The Labute approximate surface area is 166 Å². The number of rotatable bonds is 4. The van der Waals surface area contributed by atoms with E-state index in [9.17, 15) is 4.79 Å². The molecule has 1 aromatic heterocycles. The van der Waals surface area contributed by atoms with Gasteiger partial charge in [-0.3, -0.25) is 9.78 Å². The van der Waals surface area contributed by atoms with Gasteiger partial charge in [-0.05, 0) is 44.7 Å². The molecular weight excluding hydrogens is 373 g/mol. The maximum Gasteiger partial charge on any atom is 0.254 e. The number of morpholine rings is 1. The summed E-state index contributed by atoms with van der Waals surface area (Å²) in [7, 11) is 0. The molecule has 1 saturated carbocycles. The van der Waals surface area contributed by atoms with E-state index in [1.807, 2.05) is 17.0 Å². The van der Waals surface area contributed by atoms with Crippen LogP contribution < -0.4 is 0 Å². The molecule has 3 heterocycles. The summed E-state index contributed by atoms with van der Waals surface area (Å²) in [6, 6.07) is 3.77. The summed E-state index contributed by atoms with van der Waals surface area (Å²) in [4.78, 5) is 21.3. The molecule has 3 fully saturated rings. The van der Waals surface area contributed by atoms with Gasteiger partial charge in [0.05, 0.1) is 16.3 Å². The molecule has 0 radical (unpaired) electrons. The Bertz CT molecular complexity index is 658. The number of carbonyl (C=O) groups is 1. The fourth-order valence-corrected chi connectivity index (χ4v) is 4.41. The summed E-state index contributed by atoms with van der Waals surface area (Å²) < 4.78 is 6.44. The first-order valence-corrected chi connectivity index (χ1v) is 9.75. The molecule has 0 aromatic carbocycles. The van der Waals surface area contributed by atoms with Crippen LogP contribution in [0.2, 0.25) is 5.02 Å². The Kier molecular flexibility index (Phi) is 5.83. The van der Waals surface area contributed by atoms with Gasteiger partial charge in [0.2, 0.25) is 0 Å². The Balaban J connectivity index is 0.00000196. The van der Waals surface area contributed by atoms with E-state index in [0.29, 0.717) is 0 Å². The molecule has 144 valence electrons. The minimum atomic E-state index is -0.474. The van der Waals surface area contributed by atoms with Crippen LogP contribution in [0, 0.1) is 0 Å². The highest BCUT2D eigenvalue weighted by Crippen LogP contribution is 2.49. The lowest BCUT2D eigenvalue weighted by Gasteiger charge is -2.50. The van der Waals surface area contributed by atoms with Crippen molar-refractivity contribution < 1.29 is 9.53 Å². The summed E-state index contributed by atoms with van der Waals surface area (Å²) >= 11 is 6.20. The Morgan fingerprint density at radius 2 is 2.00 bits per heavy atom. The van der Waals surface area contributed by atoms with Crippen LogP contribution in [0.5, 0.6) is 0 Å². The first kappa shape index (κ1) is 19.9. The molecule has 26 heavy (non-hydrogen) atoms. The molecule has 0 unspecified atom stereocenters. The summed E-state index contributed by atoms with van der Waals surface area (Å²) in [5, 5.41) is 0.749. The van der Waals surface area contributed by atoms with Gasteiger partial charge in [0.15, 0.2) is 0 Å². The lowest BCUT2D eigenvalue weighted by atomic mass is 9.88. The molecule has 5 nitrogen and oxygen atoms in total. The highest BCUT2D eigenvalue weighted by molar-refractivity contribution is 6.31. The Morgan fingerprint density at radius 1 is 1.27 bits per heavy atom. The third-order valence-corrected chi connectivity index (χ3v) is 6.26. The molecule has 1 aromatic rings. The number of nitrogens with zero attached hydrogens (tertiary/aromatic N) is 3. The standard InChI is InChI=1S/C19H26ClN3O2.ClH/c1-2-23-14-18(25-19(6-7-19)17(23)24)8-12-22(13-9-18)11-5-16-15(20)4-3-10-21-16;/h3-4,10H,2,5-9,11-14H2,1H3;1H. The van der Waals surface area contributed by atoms with E-state index in [2.05, 4.69) is 16.8 Å². The number of halogens is 2. The van der Waals surface area contributed by atoms with Crippen molar-refractivity contribution in [3.8, 4) is 0 Å². The average Bonchev–Trinajstić information content (AvgIpc) is 3.39. The Hall–Kier alpha value is -0.880. The van der Waals surface area contributed by atoms with Crippen LogP contribution in [0.25, 0.3) is 0 Å². The third-order valence-electron chi connectivity index (χ3n) is 5.92. The number of aromatic nitrogens is 1. The van der Waals surface area contributed by atoms with E-state index in [0.717, 1.165) is 75.5 Å². The van der Waals surface area contributed by atoms with Crippen LogP contribution in [-0.4, -0.2) is 64.6 Å². The van der Waals surface area contributed by atoms with Gasteiger partial charge in [-0.1, -0.05) is 11.6 Å². The van der Waals surface area contributed by atoms with E-state index in [1.165, 1.54) is 0 Å². The first-order chi connectivity index (χ1) is 12.1. The summed E-state index contributed by atoms with van der Waals surface area (Å²) in [5.74, 6) is 0.216. The van der Waals surface area contributed by atoms with Crippen LogP contribution in [0.4, 0.5) is 0 Å². The van der Waals surface area contributed by atoms with Crippen molar-refractivity contribution in [1.29, 1.82) is 0 Å². The first-order valence-electron chi connectivity index (χ1n) is 9.37. The molecule has 0 bridgehead atoms. The maximum atomic E-state index is 12.5. The highest BCUT2D eigenvalue weighted by Gasteiger charge is 2.61. The van der Waals surface area contributed by atoms with Gasteiger partial charge >= 0.3 is 0 Å². The van der Waals surface area contributed by atoms with Gasteiger partial charge < -0.3 is 14.5 Å². The monoisotopic (exact) mass is 399 g/mol. The van der Waals surface area contributed by atoms with Crippen LogP contribution in [0.1, 0.15) is 38.3 Å². The second-order valence-corrected chi connectivity index (χ2v) is 8.03. The van der Waals surface area contributed by atoms with Crippen LogP contribution in [0.3, 0.4) is 0 Å². The molecular formula is C19H27Cl2N3O2. The van der Waals surface area contributed by atoms with Crippen LogP contribution in [-0.2, 0) is 16.0 Å². The van der Waals surface area contributed by atoms with Gasteiger partial charge in [0, 0.05) is 45.3 Å². The topological polar surface area (TPSA) is 45.7 Å². The lowest BCUT2D eigenvalue weighted by Crippen LogP contribution is -2.62. The van der Waals surface area contributed by atoms with Crippen LogP contribution >= 0.6 is 24.0 Å². The van der Waals surface area contributed by atoms with Crippen molar-refractivity contribution in [3.05, 3.63) is 29.0 Å². The van der Waals surface area contributed by atoms with Crippen molar-refractivity contribution in [1.82, 2.24) is 14.8 Å².